The Labute approximate surface area is 84.8 Å². The monoisotopic (exact) mass is 213 g/mol. The first-order valence-corrected chi connectivity index (χ1v) is 4.06. The number of carboxylic acids is 1. The van der Waals surface area contributed by atoms with Crippen molar-refractivity contribution in [3.8, 4) is 0 Å². The van der Waals surface area contributed by atoms with Crippen molar-refractivity contribution in [3.63, 3.8) is 0 Å². The van der Waals surface area contributed by atoms with E-state index in [9.17, 15) is 9.59 Å². The third kappa shape index (κ3) is 2.76. The van der Waals surface area contributed by atoms with Gasteiger partial charge in [0, 0.05) is 12.6 Å². The Kier molecular flexibility index (Phi) is 3.37. The van der Waals surface area contributed by atoms with Gasteiger partial charge in [0.2, 0.25) is 0 Å². The maximum Gasteiger partial charge on any atom is 0.340 e. The van der Waals surface area contributed by atoms with Crippen LogP contribution >= 0.6 is 0 Å². The highest BCUT2D eigenvalue weighted by Gasteiger charge is 2.14. The lowest BCUT2D eigenvalue weighted by Crippen LogP contribution is -2.33. The van der Waals surface area contributed by atoms with Crippen LogP contribution in [0.3, 0.4) is 0 Å². The molecule has 0 bridgehead atoms. The maximum atomic E-state index is 11.0. The number of carbonyl (C=O) groups is 2. The first-order chi connectivity index (χ1) is 7.04. The molecule has 1 heterocycles. The smallest absolute Gasteiger partial charge is 0.340 e. The molecule has 0 aliphatic rings. The van der Waals surface area contributed by atoms with Crippen molar-refractivity contribution in [1.82, 2.24) is 15.0 Å². The summed E-state index contributed by atoms with van der Waals surface area (Å²) in [6.45, 7) is 0. The minimum atomic E-state index is -1.12. The highest BCUT2D eigenvalue weighted by Crippen LogP contribution is 1.99. The van der Waals surface area contributed by atoms with Crippen LogP contribution in [0.25, 0.3) is 0 Å². The van der Waals surface area contributed by atoms with Crippen LogP contribution in [-0.4, -0.2) is 32.7 Å². The van der Waals surface area contributed by atoms with Gasteiger partial charge in [-0.25, -0.2) is 15.6 Å². The molecule has 82 valence electrons. The second-order valence-electron chi connectivity index (χ2n) is 2.87. The molecule has 0 radical (unpaired) electrons. The predicted molar refractivity (Wildman–Crippen MR) is 49.7 cm³/mol. The minimum Gasteiger partial charge on any atom is -0.480 e. The van der Waals surface area contributed by atoms with Crippen LogP contribution in [0.1, 0.15) is 5.69 Å². The molecule has 0 aromatic carbocycles. The summed E-state index contributed by atoms with van der Waals surface area (Å²) in [5, 5.41) is 8.55. The Bertz CT molecular complexity index is 374. The molecular formula is C7H11N5O3. The molecule has 0 aliphatic carbocycles. The molecule has 0 fully saturated rings. The summed E-state index contributed by atoms with van der Waals surface area (Å²) < 4.78 is 1.10. The Balaban J connectivity index is 2.68. The highest BCUT2D eigenvalue weighted by atomic mass is 16.4. The van der Waals surface area contributed by atoms with Gasteiger partial charge >= 0.3 is 12.0 Å². The predicted octanol–water partition coefficient (Wildman–Crippen LogP) is -1.73. The van der Waals surface area contributed by atoms with Gasteiger partial charge < -0.3 is 10.8 Å². The molecule has 8 nitrogen and oxygen atoms in total. The Morgan fingerprint density at radius 1 is 1.67 bits per heavy atom. The number of imidazole rings is 1. The third-order valence-electron chi connectivity index (χ3n) is 1.74. The van der Waals surface area contributed by atoms with Crippen molar-refractivity contribution >= 4 is 12.0 Å². The fourth-order valence-corrected chi connectivity index (χ4v) is 0.967. The van der Waals surface area contributed by atoms with Gasteiger partial charge in [-0.3, -0.25) is 14.8 Å². The average Bonchev–Trinajstić information content (AvgIpc) is 2.65. The number of nitrogens with two attached hydrogens (primary N) is 2. The maximum absolute atomic E-state index is 11.0. The van der Waals surface area contributed by atoms with Crippen LogP contribution in [0.15, 0.2) is 12.5 Å². The summed E-state index contributed by atoms with van der Waals surface area (Å²) in [6.07, 6.45) is 2.65. The van der Waals surface area contributed by atoms with Crippen molar-refractivity contribution in [2.75, 3.05) is 0 Å². The average molecular weight is 213 g/mol. The molecule has 0 spiro atoms. The zero-order valence-corrected chi connectivity index (χ0v) is 7.75. The van der Waals surface area contributed by atoms with Crippen LogP contribution in [0.4, 0.5) is 4.79 Å². The van der Waals surface area contributed by atoms with E-state index in [2.05, 4.69) is 4.98 Å². The van der Waals surface area contributed by atoms with Gasteiger partial charge in [0.1, 0.15) is 12.4 Å². The van der Waals surface area contributed by atoms with Crippen molar-refractivity contribution in [2.45, 2.75) is 12.5 Å². The van der Waals surface area contributed by atoms with Crippen LogP contribution in [0, 0.1) is 0 Å². The molecule has 6 N–H and O–H groups in total. The van der Waals surface area contributed by atoms with E-state index >= 15 is 0 Å². The third-order valence-corrected chi connectivity index (χ3v) is 1.74. The van der Waals surface area contributed by atoms with E-state index in [1.165, 1.54) is 12.5 Å². The van der Waals surface area contributed by atoms with Gasteiger partial charge in [0.05, 0.1) is 5.69 Å². The fraction of sp³-hybridized carbons (Fsp3) is 0.286. The standard InChI is InChI=1S/C7H11N5O3/c8-5(6(13)14)1-4-2-12(3-10-4)7(15)11-9/h2-3,5H,1,8-9H2,(H,11,15)(H,13,14)/t5-/m0/s1. The molecule has 15 heavy (non-hydrogen) atoms. The topological polar surface area (TPSA) is 136 Å². The molecule has 0 aliphatic heterocycles. The lowest BCUT2D eigenvalue weighted by atomic mass is 10.2. The van der Waals surface area contributed by atoms with E-state index in [0.29, 0.717) is 5.69 Å². The SMILES string of the molecule is NNC(=O)n1cnc(C[C@H](N)C(=O)O)c1. The number of aliphatic carboxylic acids is 1. The van der Waals surface area contributed by atoms with Gasteiger partial charge in [0.25, 0.3) is 0 Å². The zero-order chi connectivity index (χ0) is 11.4. The number of carboxylic acid groups (broad SMARTS) is 1. The van der Waals surface area contributed by atoms with Gasteiger partial charge in [-0.15, -0.1) is 0 Å². The number of nitrogen functional groups attached to an aromatic ring is 1. The second-order valence-corrected chi connectivity index (χ2v) is 2.87. The van der Waals surface area contributed by atoms with E-state index in [-0.39, 0.29) is 6.42 Å². The summed E-state index contributed by atoms with van der Waals surface area (Å²) in [5.74, 6) is 3.78. The van der Waals surface area contributed by atoms with Gasteiger partial charge in [0.15, 0.2) is 0 Å². The molecule has 0 saturated carbocycles. The molecule has 1 atom stereocenters. The Morgan fingerprint density at radius 3 is 2.87 bits per heavy atom. The molecule has 1 amide bonds. The quantitative estimate of drug-likeness (QED) is 0.267. The first kappa shape index (κ1) is 11.1. The van der Waals surface area contributed by atoms with E-state index in [1.807, 2.05) is 5.43 Å². The van der Waals surface area contributed by atoms with Crippen molar-refractivity contribution in [1.29, 1.82) is 0 Å². The number of hydrogen-bond acceptors (Lipinski definition) is 5. The summed E-state index contributed by atoms with van der Waals surface area (Å²) >= 11 is 0. The largest absolute Gasteiger partial charge is 0.480 e. The molecule has 1 aromatic rings. The van der Waals surface area contributed by atoms with Gasteiger partial charge in [-0.05, 0) is 0 Å². The van der Waals surface area contributed by atoms with Gasteiger partial charge in [-0.1, -0.05) is 0 Å². The fourth-order valence-electron chi connectivity index (χ4n) is 0.967. The number of hydrogen-bond donors (Lipinski definition) is 4. The van der Waals surface area contributed by atoms with Crippen molar-refractivity contribution in [2.24, 2.45) is 11.6 Å². The van der Waals surface area contributed by atoms with E-state index in [0.717, 1.165) is 4.57 Å². The van der Waals surface area contributed by atoms with Gasteiger partial charge in [-0.2, -0.15) is 0 Å². The number of aromatic nitrogens is 2. The van der Waals surface area contributed by atoms with E-state index in [4.69, 9.17) is 16.7 Å². The normalized spacial score (nSPS) is 12.1. The summed E-state index contributed by atoms with van der Waals surface area (Å²) in [4.78, 5) is 25.2. The molecule has 0 unspecified atom stereocenters. The first-order valence-electron chi connectivity index (χ1n) is 4.06. The van der Waals surface area contributed by atoms with E-state index in [1.54, 1.807) is 0 Å². The number of nitrogens with zero attached hydrogens (tertiary/aromatic N) is 2. The lowest BCUT2D eigenvalue weighted by Gasteiger charge is -2.02. The second kappa shape index (κ2) is 4.53. The Morgan fingerprint density at radius 2 is 2.33 bits per heavy atom. The van der Waals surface area contributed by atoms with Crippen molar-refractivity contribution in [3.05, 3.63) is 18.2 Å². The molecule has 8 heteroatoms. The number of rotatable bonds is 3. The highest BCUT2D eigenvalue weighted by molar-refractivity contribution is 5.76. The number of nitrogens with one attached hydrogen (secondary N) is 1. The number of carbonyl (C=O) groups excluding carboxylic acids is 1. The summed E-state index contributed by atoms with van der Waals surface area (Å²) in [5.41, 5.74) is 7.61. The molecule has 0 saturated heterocycles. The summed E-state index contributed by atoms with van der Waals surface area (Å²) in [7, 11) is 0. The zero-order valence-electron chi connectivity index (χ0n) is 7.75. The summed E-state index contributed by atoms with van der Waals surface area (Å²) in [6, 6.07) is -1.59. The molecule has 1 rings (SSSR count). The number of amides is 1. The van der Waals surface area contributed by atoms with E-state index < -0.39 is 18.0 Å². The van der Waals surface area contributed by atoms with Crippen LogP contribution in [0.2, 0.25) is 0 Å². The lowest BCUT2D eigenvalue weighted by molar-refractivity contribution is -0.138. The Hall–Kier alpha value is -1.93. The number of hydrazine groups is 1. The minimum absolute atomic E-state index is 0.0557. The molecule has 1 aromatic heterocycles. The molecular weight excluding hydrogens is 202 g/mol. The van der Waals surface area contributed by atoms with Crippen LogP contribution < -0.4 is 17.0 Å². The van der Waals surface area contributed by atoms with Crippen LogP contribution in [0.5, 0.6) is 0 Å². The van der Waals surface area contributed by atoms with Crippen molar-refractivity contribution < 1.29 is 14.7 Å². The van der Waals surface area contributed by atoms with Crippen LogP contribution in [-0.2, 0) is 11.2 Å².